The lowest BCUT2D eigenvalue weighted by molar-refractivity contribution is -0.116. The Hall–Kier alpha value is -2.21. The third-order valence-corrected chi connectivity index (χ3v) is 2.96. The Kier molecular flexibility index (Phi) is 4.47. The number of nitrogens with zero attached hydrogens (tertiary/aromatic N) is 3. The summed E-state index contributed by atoms with van der Waals surface area (Å²) in [7, 11) is 0. The first-order valence-electron chi connectivity index (χ1n) is 6.54. The van der Waals surface area contributed by atoms with Crippen LogP contribution in [0.1, 0.15) is 16.8 Å². The van der Waals surface area contributed by atoms with Crippen molar-refractivity contribution in [2.24, 2.45) is 5.73 Å². The van der Waals surface area contributed by atoms with Crippen LogP contribution >= 0.6 is 0 Å². The topological polar surface area (TPSA) is 85.8 Å². The lowest BCUT2D eigenvalue weighted by Gasteiger charge is -2.09. The van der Waals surface area contributed by atoms with Crippen LogP contribution in [0.4, 0.5) is 5.69 Å². The van der Waals surface area contributed by atoms with E-state index in [0.717, 1.165) is 22.5 Å². The van der Waals surface area contributed by atoms with Gasteiger partial charge in [-0.25, -0.2) is 4.68 Å². The third-order valence-electron chi connectivity index (χ3n) is 2.96. The van der Waals surface area contributed by atoms with Gasteiger partial charge < -0.3 is 11.1 Å². The lowest BCUT2D eigenvalue weighted by Crippen LogP contribution is -2.19. The summed E-state index contributed by atoms with van der Waals surface area (Å²) in [5.74, 6) is -0.122. The van der Waals surface area contributed by atoms with E-state index in [0.29, 0.717) is 13.0 Å². The van der Waals surface area contributed by atoms with E-state index in [9.17, 15) is 4.79 Å². The average molecular weight is 273 g/mol. The maximum atomic E-state index is 12.0. The molecular weight excluding hydrogens is 254 g/mol. The van der Waals surface area contributed by atoms with E-state index in [4.69, 9.17) is 5.73 Å². The van der Waals surface area contributed by atoms with Gasteiger partial charge in [0.25, 0.3) is 0 Å². The van der Waals surface area contributed by atoms with E-state index >= 15 is 0 Å². The van der Waals surface area contributed by atoms with Crippen molar-refractivity contribution in [3.05, 3.63) is 41.2 Å². The summed E-state index contributed by atoms with van der Waals surface area (Å²) in [6.45, 7) is 4.62. The average Bonchev–Trinajstić information content (AvgIpc) is 2.81. The normalized spacial score (nSPS) is 10.6. The summed E-state index contributed by atoms with van der Waals surface area (Å²) in [5, 5.41) is 10.7. The number of carbonyl (C=O) groups excluding carboxylic acids is 1. The molecule has 0 unspecified atom stereocenters. The van der Waals surface area contributed by atoms with E-state index in [1.54, 1.807) is 6.20 Å². The summed E-state index contributed by atoms with van der Waals surface area (Å²) in [5.41, 5.74) is 9.22. The molecule has 6 nitrogen and oxygen atoms in total. The van der Waals surface area contributed by atoms with Crippen molar-refractivity contribution < 1.29 is 4.79 Å². The molecule has 0 bridgehead atoms. The highest BCUT2D eigenvalue weighted by Crippen LogP contribution is 2.16. The maximum Gasteiger partial charge on any atom is 0.246 e. The van der Waals surface area contributed by atoms with Crippen LogP contribution < -0.4 is 11.1 Å². The highest BCUT2D eigenvalue weighted by Gasteiger charge is 2.08. The molecule has 1 aromatic heterocycles. The van der Waals surface area contributed by atoms with E-state index in [-0.39, 0.29) is 12.5 Å². The molecule has 0 fully saturated rings. The molecule has 0 atom stereocenters. The molecule has 106 valence electrons. The van der Waals surface area contributed by atoms with Crippen molar-refractivity contribution in [1.82, 2.24) is 15.0 Å². The molecule has 2 rings (SSSR count). The Morgan fingerprint density at radius 3 is 2.95 bits per heavy atom. The first-order valence-corrected chi connectivity index (χ1v) is 6.54. The van der Waals surface area contributed by atoms with Gasteiger partial charge in [0.15, 0.2) is 0 Å². The molecule has 20 heavy (non-hydrogen) atoms. The van der Waals surface area contributed by atoms with Crippen molar-refractivity contribution >= 4 is 11.6 Å². The number of hydrogen-bond acceptors (Lipinski definition) is 4. The first-order chi connectivity index (χ1) is 9.58. The second-order valence-corrected chi connectivity index (χ2v) is 4.81. The van der Waals surface area contributed by atoms with Crippen LogP contribution in [-0.4, -0.2) is 27.4 Å². The number of nitrogens with two attached hydrogens (primary N) is 1. The molecule has 0 saturated heterocycles. The van der Waals surface area contributed by atoms with Gasteiger partial charge in [0.2, 0.25) is 5.91 Å². The van der Waals surface area contributed by atoms with E-state index in [2.05, 4.69) is 15.6 Å². The molecule has 1 amide bonds. The van der Waals surface area contributed by atoms with Crippen LogP contribution in [0.2, 0.25) is 0 Å². The van der Waals surface area contributed by atoms with Gasteiger partial charge in [-0.05, 0) is 37.6 Å². The van der Waals surface area contributed by atoms with Gasteiger partial charge in [-0.15, -0.1) is 5.10 Å². The quantitative estimate of drug-likeness (QED) is 0.852. The van der Waals surface area contributed by atoms with Crippen molar-refractivity contribution in [3.8, 4) is 0 Å². The first kappa shape index (κ1) is 14.2. The van der Waals surface area contributed by atoms with Crippen LogP contribution in [0.25, 0.3) is 0 Å². The standard InChI is InChI=1S/C14H19N5O/c1-10-3-4-11(2)13(7-10)16-14(20)9-19-8-12(5-6-15)17-18-19/h3-4,7-8H,5-6,9,15H2,1-2H3,(H,16,20). The highest BCUT2D eigenvalue weighted by molar-refractivity contribution is 5.91. The Labute approximate surface area is 118 Å². The van der Waals surface area contributed by atoms with Crippen LogP contribution in [0.5, 0.6) is 0 Å². The zero-order chi connectivity index (χ0) is 14.5. The van der Waals surface area contributed by atoms with Gasteiger partial charge in [-0.2, -0.15) is 0 Å². The van der Waals surface area contributed by atoms with Gasteiger partial charge in [-0.1, -0.05) is 17.3 Å². The minimum absolute atomic E-state index is 0.122. The minimum Gasteiger partial charge on any atom is -0.330 e. The Morgan fingerprint density at radius 2 is 2.20 bits per heavy atom. The van der Waals surface area contributed by atoms with Gasteiger partial charge in [0.05, 0.1) is 5.69 Å². The molecule has 6 heteroatoms. The zero-order valence-corrected chi connectivity index (χ0v) is 11.8. The number of amides is 1. The van der Waals surface area contributed by atoms with E-state index in [1.807, 2.05) is 32.0 Å². The van der Waals surface area contributed by atoms with Crippen LogP contribution in [0, 0.1) is 13.8 Å². The predicted molar refractivity (Wildman–Crippen MR) is 77.3 cm³/mol. The molecule has 0 spiro atoms. The molecule has 2 aromatic rings. The summed E-state index contributed by atoms with van der Waals surface area (Å²) in [6, 6.07) is 5.95. The van der Waals surface area contributed by atoms with Crippen molar-refractivity contribution in [3.63, 3.8) is 0 Å². The molecule has 0 saturated carbocycles. The van der Waals surface area contributed by atoms with Crippen LogP contribution in [0.15, 0.2) is 24.4 Å². The predicted octanol–water partition coefficient (Wildman–Crippen LogP) is 1.03. The number of hydrogen-bond donors (Lipinski definition) is 2. The maximum absolute atomic E-state index is 12.0. The number of rotatable bonds is 5. The lowest BCUT2D eigenvalue weighted by atomic mass is 10.1. The Morgan fingerprint density at radius 1 is 1.40 bits per heavy atom. The smallest absolute Gasteiger partial charge is 0.246 e. The fourth-order valence-electron chi connectivity index (χ4n) is 1.89. The van der Waals surface area contributed by atoms with Gasteiger partial charge in [-0.3, -0.25) is 4.79 Å². The number of benzene rings is 1. The molecular formula is C14H19N5O. The second-order valence-electron chi connectivity index (χ2n) is 4.81. The molecule has 1 aromatic carbocycles. The molecule has 0 aliphatic rings. The number of anilines is 1. The molecule has 0 radical (unpaired) electrons. The molecule has 0 aliphatic carbocycles. The van der Waals surface area contributed by atoms with E-state index in [1.165, 1.54) is 4.68 Å². The number of aromatic nitrogens is 3. The van der Waals surface area contributed by atoms with Crippen molar-refractivity contribution in [1.29, 1.82) is 0 Å². The van der Waals surface area contributed by atoms with Gasteiger partial charge in [0.1, 0.15) is 6.54 Å². The summed E-state index contributed by atoms with van der Waals surface area (Å²) < 4.78 is 1.52. The summed E-state index contributed by atoms with van der Waals surface area (Å²) in [4.78, 5) is 12.0. The van der Waals surface area contributed by atoms with Crippen LogP contribution in [0.3, 0.4) is 0 Å². The number of carbonyl (C=O) groups is 1. The van der Waals surface area contributed by atoms with Crippen molar-refractivity contribution in [2.45, 2.75) is 26.8 Å². The third kappa shape index (κ3) is 3.64. The summed E-state index contributed by atoms with van der Waals surface area (Å²) >= 11 is 0. The monoisotopic (exact) mass is 273 g/mol. The zero-order valence-electron chi connectivity index (χ0n) is 11.8. The molecule has 1 heterocycles. The van der Waals surface area contributed by atoms with Crippen molar-refractivity contribution in [2.75, 3.05) is 11.9 Å². The summed E-state index contributed by atoms with van der Waals surface area (Å²) in [6.07, 6.45) is 2.41. The van der Waals surface area contributed by atoms with E-state index < -0.39 is 0 Å². The number of nitrogens with one attached hydrogen (secondary N) is 1. The Bertz CT molecular complexity index is 605. The fourth-order valence-corrected chi connectivity index (χ4v) is 1.89. The fraction of sp³-hybridized carbons (Fsp3) is 0.357. The molecule has 0 aliphatic heterocycles. The highest BCUT2D eigenvalue weighted by atomic mass is 16.2. The SMILES string of the molecule is Cc1ccc(C)c(NC(=O)Cn2cc(CCN)nn2)c1. The minimum atomic E-state index is -0.122. The second kappa shape index (κ2) is 6.29. The largest absolute Gasteiger partial charge is 0.330 e. The van der Waals surface area contributed by atoms with Gasteiger partial charge in [0, 0.05) is 18.3 Å². The van der Waals surface area contributed by atoms with Gasteiger partial charge >= 0.3 is 0 Å². The molecule has 3 N–H and O–H groups in total. The number of aryl methyl sites for hydroxylation is 2. The Balaban J connectivity index is 1.99. The van der Waals surface area contributed by atoms with Crippen LogP contribution in [-0.2, 0) is 17.8 Å².